The molecule has 4 aromatic rings. The second-order valence-electron chi connectivity index (χ2n) is 6.52. The van der Waals surface area contributed by atoms with E-state index in [4.69, 9.17) is 0 Å². The highest BCUT2D eigenvalue weighted by molar-refractivity contribution is 6.32. The molecule has 0 radical (unpaired) electrons. The molecule has 0 saturated heterocycles. The first-order valence-corrected chi connectivity index (χ1v) is 8.59. The third-order valence-corrected chi connectivity index (χ3v) is 5.01. The Morgan fingerprint density at radius 2 is 1.27 bits per heavy atom. The van der Waals surface area contributed by atoms with Crippen molar-refractivity contribution in [2.24, 2.45) is 0 Å². The van der Waals surface area contributed by atoms with Gasteiger partial charge in [-0.25, -0.2) is 0 Å². The molecule has 0 N–H and O–H groups in total. The van der Waals surface area contributed by atoms with Gasteiger partial charge in [-0.3, -0.25) is 9.59 Å². The lowest BCUT2D eigenvalue weighted by molar-refractivity contribution is 0.0974. The van der Waals surface area contributed by atoms with Crippen molar-refractivity contribution in [2.75, 3.05) is 0 Å². The Labute approximate surface area is 150 Å². The van der Waals surface area contributed by atoms with Crippen molar-refractivity contribution in [3.05, 3.63) is 107 Å². The Balaban J connectivity index is 1.82. The van der Waals surface area contributed by atoms with Crippen LogP contribution in [0.4, 0.5) is 0 Å². The van der Waals surface area contributed by atoms with E-state index < -0.39 is 0 Å². The highest BCUT2D eigenvalue weighted by Gasteiger charge is 2.35. The van der Waals surface area contributed by atoms with E-state index in [9.17, 15) is 9.59 Å². The summed E-state index contributed by atoms with van der Waals surface area (Å²) in [6.45, 7) is 0.553. The summed E-state index contributed by atoms with van der Waals surface area (Å²) < 4.78 is 1.98. The summed E-state index contributed by atoms with van der Waals surface area (Å²) in [6.07, 6.45) is 0. The number of carbonyl (C=O) groups excluding carboxylic acids is 2. The van der Waals surface area contributed by atoms with Crippen LogP contribution in [0.25, 0.3) is 10.9 Å². The number of ketones is 2. The second-order valence-corrected chi connectivity index (χ2v) is 6.52. The van der Waals surface area contributed by atoms with Crippen molar-refractivity contribution in [3.8, 4) is 0 Å². The normalized spacial score (nSPS) is 12.9. The number of para-hydroxylation sites is 1. The maximum absolute atomic E-state index is 13.3. The minimum atomic E-state index is -0.0812. The molecule has 0 spiro atoms. The molecule has 0 bridgehead atoms. The van der Waals surface area contributed by atoms with E-state index in [0.717, 1.165) is 16.5 Å². The summed E-state index contributed by atoms with van der Waals surface area (Å²) in [4.78, 5) is 26.4. The summed E-state index contributed by atoms with van der Waals surface area (Å²) in [5.41, 5.74) is 4.01. The number of nitrogens with zero attached hydrogens (tertiary/aromatic N) is 1. The van der Waals surface area contributed by atoms with Crippen LogP contribution in [0.1, 0.15) is 37.5 Å². The van der Waals surface area contributed by atoms with Crippen molar-refractivity contribution >= 4 is 22.5 Å². The van der Waals surface area contributed by atoms with Crippen molar-refractivity contribution in [1.82, 2.24) is 4.57 Å². The third-order valence-electron chi connectivity index (χ3n) is 5.01. The lowest BCUT2D eigenvalue weighted by Crippen LogP contribution is -2.23. The van der Waals surface area contributed by atoms with E-state index >= 15 is 0 Å². The number of benzene rings is 3. The smallest absolute Gasteiger partial charge is 0.210 e. The largest absolute Gasteiger partial charge is 0.333 e. The summed E-state index contributed by atoms with van der Waals surface area (Å²) in [5, 5.41) is 0.839. The first-order chi connectivity index (χ1) is 12.8. The van der Waals surface area contributed by atoms with Gasteiger partial charge in [-0.05, 0) is 11.6 Å². The molecule has 0 saturated carbocycles. The van der Waals surface area contributed by atoms with E-state index in [0.29, 0.717) is 28.9 Å². The summed E-state index contributed by atoms with van der Waals surface area (Å²) in [7, 11) is 0. The molecule has 3 nitrogen and oxygen atoms in total. The molecule has 3 heteroatoms. The molecule has 0 unspecified atom stereocenters. The first-order valence-electron chi connectivity index (χ1n) is 8.59. The van der Waals surface area contributed by atoms with Crippen LogP contribution < -0.4 is 0 Å². The molecule has 0 fully saturated rings. The van der Waals surface area contributed by atoms with Crippen molar-refractivity contribution in [1.29, 1.82) is 0 Å². The predicted octanol–water partition coefficient (Wildman–Crippen LogP) is 4.47. The van der Waals surface area contributed by atoms with Gasteiger partial charge in [0.2, 0.25) is 5.78 Å². The number of hydrogen-bond acceptors (Lipinski definition) is 2. The number of aromatic nitrogens is 1. The van der Waals surface area contributed by atoms with Gasteiger partial charge in [-0.1, -0.05) is 72.8 Å². The fourth-order valence-electron chi connectivity index (χ4n) is 3.84. The van der Waals surface area contributed by atoms with E-state index in [-0.39, 0.29) is 11.6 Å². The highest BCUT2D eigenvalue weighted by Crippen LogP contribution is 2.35. The lowest BCUT2D eigenvalue weighted by Gasteiger charge is -2.17. The SMILES string of the molecule is O=C1c2ccccc2C(=O)c2c1c1ccccc1n2Cc1ccccc1. The van der Waals surface area contributed by atoms with E-state index in [1.165, 1.54) is 0 Å². The fourth-order valence-corrected chi connectivity index (χ4v) is 3.84. The predicted molar refractivity (Wildman–Crippen MR) is 101 cm³/mol. The zero-order chi connectivity index (χ0) is 17.7. The standard InChI is InChI=1S/C23H15NO2/c25-22-16-10-4-5-11-17(16)23(26)21-20(22)18-12-6-7-13-19(18)24(21)14-15-8-2-1-3-9-15/h1-13H,14H2. The van der Waals surface area contributed by atoms with Gasteiger partial charge in [0.15, 0.2) is 5.78 Å². The van der Waals surface area contributed by atoms with Crippen LogP contribution in [-0.4, -0.2) is 16.1 Å². The molecule has 1 aliphatic rings. The molecular weight excluding hydrogens is 322 g/mol. The zero-order valence-electron chi connectivity index (χ0n) is 14.0. The summed E-state index contributed by atoms with van der Waals surface area (Å²) in [6, 6.07) is 24.8. The Hall–Kier alpha value is -3.46. The molecule has 124 valence electrons. The molecule has 5 rings (SSSR count). The second kappa shape index (κ2) is 5.53. The van der Waals surface area contributed by atoms with Gasteiger partial charge in [-0.2, -0.15) is 0 Å². The molecule has 3 aromatic carbocycles. The molecule has 0 aliphatic heterocycles. The van der Waals surface area contributed by atoms with Gasteiger partial charge in [0, 0.05) is 28.6 Å². The minimum absolute atomic E-state index is 0.0711. The van der Waals surface area contributed by atoms with Crippen LogP contribution in [0.3, 0.4) is 0 Å². The molecule has 1 aromatic heterocycles. The van der Waals surface area contributed by atoms with Gasteiger partial charge in [0.1, 0.15) is 5.69 Å². The maximum atomic E-state index is 13.3. The van der Waals surface area contributed by atoms with Crippen LogP contribution in [0.5, 0.6) is 0 Å². The van der Waals surface area contributed by atoms with E-state index in [1.807, 2.05) is 59.2 Å². The first kappa shape index (κ1) is 14.8. The van der Waals surface area contributed by atoms with Gasteiger partial charge in [-0.15, -0.1) is 0 Å². The number of hydrogen-bond donors (Lipinski definition) is 0. The number of rotatable bonds is 2. The van der Waals surface area contributed by atoms with Crippen LogP contribution in [0.15, 0.2) is 78.9 Å². The Morgan fingerprint density at radius 3 is 2.04 bits per heavy atom. The van der Waals surface area contributed by atoms with Gasteiger partial charge >= 0.3 is 0 Å². The Kier molecular flexibility index (Phi) is 3.16. The van der Waals surface area contributed by atoms with E-state index in [1.54, 1.807) is 24.3 Å². The Morgan fingerprint density at radius 1 is 0.654 bits per heavy atom. The monoisotopic (exact) mass is 337 g/mol. The maximum Gasteiger partial charge on any atom is 0.210 e. The molecule has 1 heterocycles. The third kappa shape index (κ3) is 2.01. The zero-order valence-corrected chi connectivity index (χ0v) is 14.0. The Bertz CT molecular complexity index is 1190. The average molecular weight is 337 g/mol. The van der Waals surface area contributed by atoms with Crippen molar-refractivity contribution in [2.45, 2.75) is 6.54 Å². The quantitative estimate of drug-likeness (QED) is 0.477. The average Bonchev–Trinajstić information content (AvgIpc) is 3.02. The lowest BCUT2D eigenvalue weighted by atomic mass is 9.87. The van der Waals surface area contributed by atoms with Gasteiger partial charge in [0.05, 0.1) is 5.56 Å². The van der Waals surface area contributed by atoms with Crippen LogP contribution in [-0.2, 0) is 6.54 Å². The van der Waals surface area contributed by atoms with Crippen LogP contribution >= 0.6 is 0 Å². The molecule has 0 atom stereocenters. The fraction of sp³-hybridized carbons (Fsp3) is 0.0435. The van der Waals surface area contributed by atoms with Crippen molar-refractivity contribution < 1.29 is 9.59 Å². The highest BCUT2D eigenvalue weighted by atomic mass is 16.1. The summed E-state index contributed by atoms with van der Waals surface area (Å²) in [5.74, 6) is -0.152. The molecular formula is C23H15NO2. The van der Waals surface area contributed by atoms with Crippen LogP contribution in [0, 0.1) is 0 Å². The summed E-state index contributed by atoms with van der Waals surface area (Å²) >= 11 is 0. The molecule has 0 amide bonds. The van der Waals surface area contributed by atoms with E-state index in [2.05, 4.69) is 0 Å². The minimum Gasteiger partial charge on any atom is -0.333 e. The van der Waals surface area contributed by atoms with Crippen molar-refractivity contribution in [3.63, 3.8) is 0 Å². The van der Waals surface area contributed by atoms with Gasteiger partial charge < -0.3 is 4.57 Å². The number of fused-ring (bicyclic) bond motifs is 4. The van der Waals surface area contributed by atoms with Gasteiger partial charge in [0.25, 0.3) is 0 Å². The molecule has 26 heavy (non-hydrogen) atoms. The molecule has 1 aliphatic carbocycles. The topological polar surface area (TPSA) is 39.1 Å². The number of carbonyl (C=O) groups is 2. The van der Waals surface area contributed by atoms with Crippen LogP contribution in [0.2, 0.25) is 0 Å².